The van der Waals surface area contributed by atoms with Crippen molar-refractivity contribution in [3.63, 3.8) is 0 Å². The highest BCUT2D eigenvalue weighted by Gasteiger charge is 2.16. The molecular weight excluding hydrogens is 222 g/mol. The number of hydrogen-bond acceptors (Lipinski definition) is 5. The number of nitrogens with one attached hydrogen (secondary N) is 4. The standard InChI is InChI=1S/C10H23N5O2/c1-12-3-5-14-9(16)7-8(11)10(17)15-6-4-13-2/h8,12-13H,3-7,11H2,1-2H3,(H,14,16)(H,15,17)/t8-/m0/s1. The Morgan fingerprint density at radius 1 is 1.00 bits per heavy atom. The van der Waals surface area contributed by atoms with Gasteiger partial charge in [-0.1, -0.05) is 0 Å². The minimum absolute atomic E-state index is 0.00903. The van der Waals surface area contributed by atoms with Crippen molar-refractivity contribution in [3.8, 4) is 0 Å². The molecule has 0 fully saturated rings. The van der Waals surface area contributed by atoms with Crippen molar-refractivity contribution in [3.05, 3.63) is 0 Å². The molecule has 0 aromatic rings. The van der Waals surface area contributed by atoms with Crippen LogP contribution in [-0.4, -0.2) is 58.1 Å². The number of nitrogens with two attached hydrogens (primary N) is 1. The lowest BCUT2D eigenvalue weighted by Crippen LogP contribution is -2.45. The molecule has 0 spiro atoms. The Morgan fingerprint density at radius 2 is 1.53 bits per heavy atom. The first kappa shape index (κ1) is 15.8. The molecule has 1 atom stereocenters. The van der Waals surface area contributed by atoms with Gasteiger partial charge in [0, 0.05) is 26.2 Å². The number of likely N-dealkylation sites (N-methyl/N-ethyl adjacent to an activating group) is 2. The summed E-state index contributed by atoms with van der Waals surface area (Å²) in [5.41, 5.74) is 5.60. The Labute approximate surface area is 102 Å². The maximum absolute atomic E-state index is 11.4. The van der Waals surface area contributed by atoms with Gasteiger partial charge in [0.05, 0.1) is 12.5 Å². The van der Waals surface area contributed by atoms with Gasteiger partial charge in [0.2, 0.25) is 11.8 Å². The predicted octanol–water partition coefficient (Wildman–Crippen LogP) is -2.62. The van der Waals surface area contributed by atoms with Crippen molar-refractivity contribution in [2.45, 2.75) is 12.5 Å². The van der Waals surface area contributed by atoms with Gasteiger partial charge in [-0.15, -0.1) is 0 Å². The molecule has 7 nitrogen and oxygen atoms in total. The molecule has 0 heterocycles. The number of carbonyl (C=O) groups is 2. The molecule has 0 aliphatic rings. The Balaban J connectivity index is 3.71. The summed E-state index contributed by atoms with van der Waals surface area (Å²) >= 11 is 0. The summed E-state index contributed by atoms with van der Waals surface area (Å²) < 4.78 is 0. The third-order valence-electron chi connectivity index (χ3n) is 2.11. The normalized spacial score (nSPS) is 11.9. The second-order valence-electron chi connectivity index (χ2n) is 3.66. The van der Waals surface area contributed by atoms with Gasteiger partial charge in [0.15, 0.2) is 0 Å². The zero-order valence-electron chi connectivity index (χ0n) is 10.5. The summed E-state index contributed by atoms with van der Waals surface area (Å²) in [4.78, 5) is 22.8. The van der Waals surface area contributed by atoms with Gasteiger partial charge in [0.1, 0.15) is 0 Å². The van der Waals surface area contributed by atoms with Gasteiger partial charge in [-0.3, -0.25) is 9.59 Å². The minimum Gasteiger partial charge on any atom is -0.355 e. The summed E-state index contributed by atoms with van der Waals surface area (Å²) in [5.74, 6) is -0.513. The molecule has 6 N–H and O–H groups in total. The Bertz CT molecular complexity index is 235. The Kier molecular flexibility index (Phi) is 9.31. The molecule has 0 aromatic heterocycles. The third-order valence-corrected chi connectivity index (χ3v) is 2.11. The zero-order chi connectivity index (χ0) is 13.1. The highest BCUT2D eigenvalue weighted by Crippen LogP contribution is 1.88. The second kappa shape index (κ2) is 10.0. The smallest absolute Gasteiger partial charge is 0.237 e. The maximum Gasteiger partial charge on any atom is 0.237 e. The highest BCUT2D eigenvalue weighted by atomic mass is 16.2. The van der Waals surface area contributed by atoms with E-state index in [1.54, 1.807) is 14.1 Å². The summed E-state index contributed by atoms with van der Waals surface area (Å²) in [7, 11) is 3.59. The fraction of sp³-hybridized carbons (Fsp3) is 0.800. The molecule has 0 aliphatic heterocycles. The molecule has 0 aromatic carbocycles. The van der Waals surface area contributed by atoms with E-state index in [9.17, 15) is 9.59 Å². The first-order valence-electron chi connectivity index (χ1n) is 5.71. The Morgan fingerprint density at radius 3 is 2.06 bits per heavy atom. The van der Waals surface area contributed by atoms with E-state index in [1.165, 1.54) is 0 Å². The molecule has 7 heteroatoms. The van der Waals surface area contributed by atoms with Crippen molar-refractivity contribution in [2.24, 2.45) is 5.73 Å². The summed E-state index contributed by atoms with van der Waals surface area (Å²) in [6.07, 6.45) is 0.00903. The topological polar surface area (TPSA) is 108 Å². The molecule has 0 rings (SSSR count). The molecule has 0 saturated carbocycles. The fourth-order valence-electron chi connectivity index (χ4n) is 1.13. The van der Waals surface area contributed by atoms with E-state index in [0.717, 1.165) is 0 Å². The molecule has 0 bridgehead atoms. The number of amides is 2. The van der Waals surface area contributed by atoms with Gasteiger partial charge in [-0.05, 0) is 14.1 Å². The lowest BCUT2D eigenvalue weighted by molar-refractivity contribution is -0.127. The van der Waals surface area contributed by atoms with Crippen LogP contribution in [0.2, 0.25) is 0 Å². The monoisotopic (exact) mass is 245 g/mol. The molecule has 100 valence electrons. The van der Waals surface area contributed by atoms with Crippen LogP contribution >= 0.6 is 0 Å². The molecule has 0 radical (unpaired) electrons. The van der Waals surface area contributed by atoms with E-state index in [4.69, 9.17) is 5.73 Å². The number of rotatable bonds is 9. The van der Waals surface area contributed by atoms with Crippen LogP contribution in [0.5, 0.6) is 0 Å². The van der Waals surface area contributed by atoms with Gasteiger partial charge in [-0.25, -0.2) is 0 Å². The third kappa shape index (κ3) is 8.61. The maximum atomic E-state index is 11.4. The SMILES string of the molecule is CNCCNC(=O)C[C@H](N)C(=O)NCCNC. The molecule has 0 unspecified atom stereocenters. The van der Waals surface area contributed by atoms with E-state index in [0.29, 0.717) is 26.2 Å². The van der Waals surface area contributed by atoms with Crippen molar-refractivity contribution >= 4 is 11.8 Å². The van der Waals surface area contributed by atoms with Gasteiger partial charge in [-0.2, -0.15) is 0 Å². The van der Waals surface area contributed by atoms with Gasteiger partial charge in [0.25, 0.3) is 0 Å². The quantitative estimate of drug-likeness (QED) is 0.286. The summed E-state index contributed by atoms with van der Waals surface area (Å²) in [5, 5.41) is 11.1. The van der Waals surface area contributed by atoms with Crippen LogP contribution in [0.1, 0.15) is 6.42 Å². The fourth-order valence-corrected chi connectivity index (χ4v) is 1.13. The van der Waals surface area contributed by atoms with Gasteiger partial charge < -0.3 is 27.0 Å². The predicted molar refractivity (Wildman–Crippen MR) is 66.5 cm³/mol. The van der Waals surface area contributed by atoms with E-state index in [-0.39, 0.29) is 18.2 Å². The van der Waals surface area contributed by atoms with E-state index < -0.39 is 6.04 Å². The van der Waals surface area contributed by atoms with Crippen LogP contribution in [0.4, 0.5) is 0 Å². The van der Waals surface area contributed by atoms with Crippen LogP contribution in [0.25, 0.3) is 0 Å². The van der Waals surface area contributed by atoms with Crippen LogP contribution < -0.4 is 27.0 Å². The van der Waals surface area contributed by atoms with E-state index in [1.807, 2.05) is 0 Å². The molecular formula is C10H23N5O2. The average Bonchev–Trinajstić information content (AvgIpc) is 2.29. The largest absolute Gasteiger partial charge is 0.355 e. The van der Waals surface area contributed by atoms with E-state index >= 15 is 0 Å². The van der Waals surface area contributed by atoms with Crippen molar-refractivity contribution in [2.75, 3.05) is 40.3 Å². The summed E-state index contributed by atoms with van der Waals surface area (Å²) in [6, 6.07) is -0.790. The first-order chi connectivity index (χ1) is 8.11. The lowest BCUT2D eigenvalue weighted by atomic mass is 10.2. The number of hydrogen-bond donors (Lipinski definition) is 5. The van der Waals surface area contributed by atoms with Gasteiger partial charge >= 0.3 is 0 Å². The molecule has 2 amide bonds. The minimum atomic E-state index is -0.790. The first-order valence-corrected chi connectivity index (χ1v) is 5.71. The molecule has 0 aliphatic carbocycles. The van der Waals surface area contributed by atoms with Crippen molar-refractivity contribution < 1.29 is 9.59 Å². The van der Waals surface area contributed by atoms with Crippen LogP contribution in [-0.2, 0) is 9.59 Å². The number of carbonyl (C=O) groups excluding carboxylic acids is 2. The van der Waals surface area contributed by atoms with Crippen molar-refractivity contribution in [1.82, 2.24) is 21.3 Å². The Hall–Kier alpha value is -1.18. The van der Waals surface area contributed by atoms with Crippen LogP contribution in [0.15, 0.2) is 0 Å². The van der Waals surface area contributed by atoms with E-state index in [2.05, 4.69) is 21.3 Å². The van der Waals surface area contributed by atoms with Crippen LogP contribution in [0, 0.1) is 0 Å². The highest BCUT2D eigenvalue weighted by molar-refractivity contribution is 5.88. The zero-order valence-corrected chi connectivity index (χ0v) is 10.5. The molecule has 0 saturated heterocycles. The van der Waals surface area contributed by atoms with Crippen molar-refractivity contribution in [1.29, 1.82) is 0 Å². The lowest BCUT2D eigenvalue weighted by Gasteiger charge is -2.12. The van der Waals surface area contributed by atoms with Crippen LogP contribution in [0.3, 0.4) is 0 Å². The second-order valence-corrected chi connectivity index (χ2v) is 3.66. The average molecular weight is 245 g/mol. The summed E-state index contributed by atoms with van der Waals surface area (Å²) in [6.45, 7) is 2.40. The molecule has 17 heavy (non-hydrogen) atoms.